The van der Waals surface area contributed by atoms with E-state index >= 15 is 0 Å². The monoisotopic (exact) mass is 448 g/mol. The van der Waals surface area contributed by atoms with Crippen molar-refractivity contribution in [3.8, 4) is 0 Å². The molecule has 0 saturated carbocycles. The molecule has 0 fully saturated rings. The minimum atomic E-state index is 0.131. The summed E-state index contributed by atoms with van der Waals surface area (Å²) in [5, 5.41) is 4.60. The van der Waals surface area contributed by atoms with Crippen LogP contribution in [0.15, 0.2) is 72.8 Å². The van der Waals surface area contributed by atoms with E-state index < -0.39 is 0 Å². The van der Waals surface area contributed by atoms with Gasteiger partial charge in [0.25, 0.3) is 5.91 Å². The lowest BCUT2D eigenvalue weighted by atomic mass is 10.00. The molecule has 0 unspecified atom stereocenters. The highest BCUT2D eigenvalue weighted by Crippen LogP contribution is 2.30. The van der Waals surface area contributed by atoms with Gasteiger partial charge in [-0.2, -0.15) is 0 Å². The van der Waals surface area contributed by atoms with Gasteiger partial charge in [0, 0.05) is 60.7 Å². The zero-order chi connectivity index (χ0) is 23.1. The molecule has 2 aliphatic heterocycles. The highest BCUT2D eigenvalue weighted by Gasteiger charge is 2.28. The van der Waals surface area contributed by atoms with Gasteiger partial charge in [-0.1, -0.05) is 48.5 Å². The molecule has 1 amide bonds. The average molecular weight is 449 g/mol. The molecule has 0 bridgehead atoms. The second-order valence-electron chi connectivity index (χ2n) is 9.35. The zero-order valence-electron chi connectivity index (χ0n) is 19.4. The Morgan fingerprint density at radius 2 is 1.71 bits per heavy atom. The lowest BCUT2D eigenvalue weighted by Gasteiger charge is -2.30. The number of amides is 1. The number of hydrogen-bond acceptors (Lipinski definition) is 4. The molecule has 5 heteroatoms. The second kappa shape index (κ2) is 8.58. The van der Waals surface area contributed by atoms with Crippen LogP contribution in [0.1, 0.15) is 32.7 Å². The molecule has 5 nitrogen and oxygen atoms in total. The van der Waals surface area contributed by atoms with E-state index in [0.29, 0.717) is 6.54 Å². The van der Waals surface area contributed by atoms with Crippen molar-refractivity contribution in [3.63, 3.8) is 0 Å². The maximum absolute atomic E-state index is 13.2. The number of fused-ring (bicyclic) bond motifs is 3. The van der Waals surface area contributed by atoms with Crippen molar-refractivity contribution in [1.82, 2.24) is 14.8 Å². The fourth-order valence-corrected chi connectivity index (χ4v) is 5.19. The molecule has 3 aromatic carbocycles. The topological polar surface area (TPSA) is 48.5 Å². The quantitative estimate of drug-likeness (QED) is 0.450. The van der Waals surface area contributed by atoms with Crippen molar-refractivity contribution in [2.45, 2.75) is 26.4 Å². The molecule has 34 heavy (non-hydrogen) atoms. The van der Waals surface area contributed by atoms with Gasteiger partial charge < -0.3 is 10.2 Å². The van der Waals surface area contributed by atoms with Crippen LogP contribution in [-0.4, -0.2) is 40.3 Å². The van der Waals surface area contributed by atoms with E-state index in [1.165, 1.54) is 11.1 Å². The number of nitrogens with one attached hydrogen (secondary N) is 1. The minimum Gasteiger partial charge on any atom is -0.355 e. The molecule has 1 N–H and O–H groups in total. The molecule has 0 saturated heterocycles. The van der Waals surface area contributed by atoms with Gasteiger partial charge in [0.05, 0.1) is 5.52 Å². The predicted molar refractivity (Wildman–Crippen MR) is 136 cm³/mol. The molecule has 0 atom stereocenters. The summed E-state index contributed by atoms with van der Waals surface area (Å²) in [6, 6.07) is 25.0. The van der Waals surface area contributed by atoms with Gasteiger partial charge in [-0.15, -0.1) is 0 Å². The molecule has 0 spiro atoms. The van der Waals surface area contributed by atoms with Gasteiger partial charge in [0.2, 0.25) is 0 Å². The van der Waals surface area contributed by atoms with Crippen LogP contribution in [0.25, 0.3) is 10.9 Å². The molecule has 0 aliphatic carbocycles. The first-order chi connectivity index (χ1) is 16.6. The Labute approximate surface area is 200 Å². The average Bonchev–Trinajstić information content (AvgIpc) is 3.17. The largest absolute Gasteiger partial charge is 0.355 e. The number of aryl methyl sites for hydroxylation is 1. The predicted octanol–water partition coefficient (Wildman–Crippen LogP) is 5.30. The highest BCUT2D eigenvalue weighted by molar-refractivity contribution is 6.00. The number of hydrogen-bond donors (Lipinski definition) is 1. The van der Waals surface area contributed by atoms with Crippen molar-refractivity contribution >= 4 is 28.2 Å². The Balaban J connectivity index is 1.15. The van der Waals surface area contributed by atoms with Gasteiger partial charge in [0.1, 0.15) is 0 Å². The van der Waals surface area contributed by atoms with Gasteiger partial charge >= 0.3 is 0 Å². The Morgan fingerprint density at radius 1 is 0.882 bits per heavy atom. The normalized spacial score (nSPS) is 15.4. The number of aromatic nitrogens is 1. The molecular formula is C29H28N4O. The summed E-state index contributed by atoms with van der Waals surface area (Å²) in [6.07, 6.45) is 1.09. The van der Waals surface area contributed by atoms with E-state index in [0.717, 1.165) is 71.7 Å². The smallest absolute Gasteiger partial charge is 0.254 e. The first kappa shape index (κ1) is 20.9. The first-order valence-corrected chi connectivity index (χ1v) is 12.0. The summed E-state index contributed by atoms with van der Waals surface area (Å²) >= 11 is 0. The summed E-state index contributed by atoms with van der Waals surface area (Å²) in [7, 11) is 0. The third kappa shape index (κ3) is 3.93. The number of para-hydroxylation sites is 1. The SMILES string of the molecule is Cc1cc(Nc2ccc3c(c2)C(=O)N(CCN2CCc4ccccc4C2)C3)c2ccccc2n1. The summed E-state index contributed by atoms with van der Waals surface area (Å²) in [6.45, 7) is 6.38. The van der Waals surface area contributed by atoms with E-state index in [1.54, 1.807) is 0 Å². The molecule has 1 aromatic heterocycles. The van der Waals surface area contributed by atoms with Crippen molar-refractivity contribution in [3.05, 3.63) is 101 Å². The van der Waals surface area contributed by atoms with Crippen molar-refractivity contribution < 1.29 is 4.79 Å². The van der Waals surface area contributed by atoms with Gasteiger partial charge in [-0.05, 0) is 54.3 Å². The third-order valence-electron chi connectivity index (χ3n) is 7.01. The standard InChI is InChI=1S/C29H28N4O/c1-20-16-28(25-8-4-5-9-27(25)30-20)31-24-11-10-23-19-33(29(34)26(23)17-24)15-14-32-13-12-21-6-2-3-7-22(21)18-32/h2-11,16-17H,12-15,18-19H2,1H3,(H,30,31). The first-order valence-electron chi connectivity index (χ1n) is 12.0. The maximum Gasteiger partial charge on any atom is 0.254 e. The van der Waals surface area contributed by atoms with E-state index in [2.05, 4.69) is 63.7 Å². The zero-order valence-corrected chi connectivity index (χ0v) is 19.4. The van der Waals surface area contributed by atoms with E-state index in [-0.39, 0.29) is 5.91 Å². The summed E-state index contributed by atoms with van der Waals surface area (Å²) in [4.78, 5) is 22.3. The molecule has 0 radical (unpaired) electrons. The Kier molecular flexibility index (Phi) is 5.27. The van der Waals surface area contributed by atoms with Crippen molar-refractivity contribution in [1.29, 1.82) is 0 Å². The van der Waals surface area contributed by atoms with Crippen LogP contribution < -0.4 is 5.32 Å². The number of anilines is 2. The summed E-state index contributed by atoms with van der Waals surface area (Å²) in [5.41, 5.74) is 8.66. The number of nitrogens with zero attached hydrogens (tertiary/aromatic N) is 3. The molecule has 170 valence electrons. The van der Waals surface area contributed by atoms with E-state index in [4.69, 9.17) is 0 Å². The Morgan fingerprint density at radius 3 is 2.62 bits per heavy atom. The molecule has 3 heterocycles. The van der Waals surface area contributed by atoms with Crippen LogP contribution in [0.5, 0.6) is 0 Å². The number of rotatable bonds is 5. The lowest BCUT2D eigenvalue weighted by molar-refractivity contribution is 0.0755. The van der Waals surface area contributed by atoms with Gasteiger partial charge in [-0.3, -0.25) is 14.7 Å². The van der Waals surface area contributed by atoms with E-state index in [9.17, 15) is 4.79 Å². The van der Waals surface area contributed by atoms with Crippen LogP contribution in [0.4, 0.5) is 11.4 Å². The number of carbonyl (C=O) groups is 1. The van der Waals surface area contributed by atoms with Crippen molar-refractivity contribution in [2.24, 2.45) is 0 Å². The molecule has 4 aromatic rings. The molecule has 6 rings (SSSR count). The summed E-state index contributed by atoms with van der Waals surface area (Å²) in [5.74, 6) is 0.131. The third-order valence-corrected chi connectivity index (χ3v) is 7.01. The second-order valence-corrected chi connectivity index (χ2v) is 9.35. The van der Waals surface area contributed by atoms with Crippen LogP contribution >= 0.6 is 0 Å². The van der Waals surface area contributed by atoms with E-state index in [1.807, 2.05) is 36.1 Å². The van der Waals surface area contributed by atoms with Gasteiger partial charge in [0.15, 0.2) is 0 Å². The fourth-order valence-electron chi connectivity index (χ4n) is 5.19. The summed E-state index contributed by atoms with van der Waals surface area (Å²) < 4.78 is 0. The van der Waals surface area contributed by atoms with Crippen LogP contribution in [-0.2, 0) is 19.5 Å². The number of carbonyl (C=O) groups excluding carboxylic acids is 1. The Hall–Kier alpha value is -3.70. The Bertz CT molecular complexity index is 1400. The minimum absolute atomic E-state index is 0.131. The van der Waals surface area contributed by atoms with Crippen LogP contribution in [0.3, 0.4) is 0 Å². The molecular weight excluding hydrogens is 420 g/mol. The lowest BCUT2D eigenvalue weighted by Crippen LogP contribution is -2.38. The van der Waals surface area contributed by atoms with Crippen molar-refractivity contribution in [2.75, 3.05) is 25.0 Å². The van der Waals surface area contributed by atoms with Gasteiger partial charge in [-0.25, -0.2) is 0 Å². The molecule has 2 aliphatic rings. The maximum atomic E-state index is 13.2. The number of benzene rings is 3. The fraction of sp³-hybridized carbons (Fsp3) is 0.241. The van der Waals surface area contributed by atoms with Crippen LogP contribution in [0.2, 0.25) is 0 Å². The number of pyridine rings is 1. The van der Waals surface area contributed by atoms with Crippen LogP contribution in [0, 0.1) is 6.92 Å². The highest BCUT2D eigenvalue weighted by atomic mass is 16.2.